The monoisotopic (exact) mass is 359 g/mol. The first kappa shape index (κ1) is 17.5. The molecule has 1 fully saturated rings. The van der Waals surface area contributed by atoms with Gasteiger partial charge in [0.1, 0.15) is 6.10 Å². The Balaban J connectivity index is 1.56. The number of hydrogen-bond acceptors (Lipinski definition) is 6. The molecule has 0 bridgehead atoms. The Morgan fingerprint density at radius 1 is 1.16 bits per heavy atom. The van der Waals surface area contributed by atoms with Crippen LogP contribution in [0.3, 0.4) is 0 Å². The number of hydrogen-bond donors (Lipinski definition) is 0. The van der Waals surface area contributed by atoms with Gasteiger partial charge in [0.05, 0.1) is 12.7 Å². The van der Waals surface area contributed by atoms with E-state index in [1.165, 1.54) is 11.8 Å². The molecule has 2 aromatic rings. The van der Waals surface area contributed by atoms with Crippen molar-refractivity contribution in [3.8, 4) is 11.5 Å². The van der Waals surface area contributed by atoms with E-state index < -0.39 is 0 Å². The quantitative estimate of drug-likeness (QED) is 0.604. The van der Waals surface area contributed by atoms with Gasteiger partial charge in [0.15, 0.2) is 16.7 Å². The van der Waals surface area contributed by atoms with Crippen molar-refractivity contribution in [3.05, 3.63) is 42.2 Å². The zero-order valence-corrected chi connectivity index (χ0v) is 15.2. The molecule has 1 aliphatic heterocycles. The van der Waals surface area contributed by atoms with Crippen molar-refractivity contribution in [2.24, 2.45) is 0 Å². The molecule has 25 heavy (non-hydrogen) atoms. The van der Waals surface area contributed by atoms with Crippen LogP contribution < -0.4 is 9.47 Å². The van der Waals surface area contributed by atoms with Crippen LogP contribution in [-0.4, -0.2) is 53.3 Å². The Morgan fingerprint density at radius 3 is 2.40 bits per heavy atom. The van der Waals surface area contributed by atoms with Crippen LogP contribution in [0.15, 0.2) is 41.8 Å². The van der Waals surface area contributed by atoms with Crippen molar-refractivity contribution in [3.63, 3.8) is 0 Å². The molecule has 0 spiro atoms. The lowest BCUT2D eigenvalue weighted by Gasteiger charge is -2.32. The minimum atomic E-state index is -0.0246. The van der Waals surface area contributed by atoms with Gasteiger partial charge < -0.3 is 14.4 Å². The first-order chi connectivity index (χ1) is 12.2. The molecule has 1 aromatic carbocycles. The molecule has 0 saturated carbocycles. The maximum absolute atomic E-state index is 12.5. The van der Waals surface area contributed by atoms with Crippen LogP contribution >= 0.6 is 11.8 Å². The average molecular weight is 359 g/mol. The lowest BCUT2D eigenvalue weighted by Crippen LogP contribution is -2.41. The summed E-state index contributed by atoms with van der Waals surface area (Å²) in [5.41, 5.74) is 0.530. The SMILES string of the molecule is COc1ccccc1OC1CCN(C(=O)c2cnc(SC)nc2)CC1. The number of nitrogens with zero attached hydrogens (tertiary/aromatic N) is 3. The molecule has 0 radical (unpaired) electrons. The highest BCUT2D eigenvalue weighted by Crippen LogP contribution is 2.29. The largest absolute Gasteiger partial charge is 0.493 e. The summed E-state index contributed by atoms with van der Waals surface area (Å²) in [5, 5.41) is 0.667. The zero-order valence-electron chi connectivity index (χ0n) is 14.3. The summed E-state index contributed by atoms with van der Waals surface area (Å²) >= 11 is 1.46. The van der Waals surface area contributed by atoms with E-state index in [4.69, 9.17) is 9.47 Å². The summed E-state index contributed by atoms with van der Waals surface area (Å²) in [5.74, 6) is 1.45. The average Bonchev–Trinajstić information content (AvgIpc) is 2.68. The van der Waals surface area contributed by atoms with Crippen LogP contribution in [0.25, 0.3) is 0 Å². The zero-order chi connectivity index (χ0) is 17.6. The molecule has 2 heterocycles. The Morgan fingerprint density at radius 2 is 1.80 bits per heavy atom. The van der Waals surface area contributed by atoms with Gasteiger partial charge in [-0.2, -0.15) is 0 Å². The van der Waals surface area contributed by atoms with Crippen LogP contribution in [-0.2, 0) is 0 Å². The highest BCUT2D eigenvalue weighted by Gasteiger charge is 2.25. The summed E-state index contributed by atoms with van der Waals surface area (Å²) in [4.78, 5) is 22.7. The molecule has 1 aromatic heterocycles. The fourth-order valence-corrected chi connectivity index (χ4v) is 3.10. The van der Waals surface area contributed by atoms with Crippen LogP contribution in [0.4, 0.5) is 0 Å². The van der Waals surface area contributed by atoms with Crippen LogP contribution in [0.5, 0.6) is 11.5 Å². The Kier molecular flexibility index (Phi) is 5.75. The lowest BCUT2D eigenvalue weighted by atomic mass is 10.1. The lowest BCUT2D eigenvalue weighted by molar-refractivity contribution is 0.0589. The van der Waals surface area contributed by atoms with Gasteiger partial charge in [0, 0.05) is 38.3 Å². The molecule has 1 amide bonds. The molecule has 0 atom stereocenters. The van der Waals surface area contributed by atoms with Crippen molar-refractivity contribution < 1.29 is 14.3 Å². The van der Waals surface area contributed by atoms with E-state index in [0.29, 0.717) is 23.8 Å². The van der Waals surface area contributed by atoms with E-state index in [0.717, 1.165) is 24.3 Å². The number of aromatic nitrogens is 2. The molecular formula is C18H21N3O3S. The van der Waals surface area contributed by atoms with Crippen LogP contribution in [0.1, 0.15) is 23.2 Å². The first-order valence-corrected chi connectivity index (χ1v) is 9.38. The second-order valence-electron chi connectivity index (χ2n) is 5.72. The fourth-order valence-electron chi connectivity index (χ4n) is 2.79. The number of piperidine rings is 1. The molecule has 0 unspecified atom stereocenters. The van der Waals surface area contributed by atoms with Crippen LogP contribution in [0.2, 0.25) is 0 Å². The van der Waals surface area contributed by atoms with Gasteiger partial charge in [-0.3, -0.25) is 4.79 Å². The van der Waals surface area contributed by atoms with Gasteiger partial charge in [-0.25, -0.2) is 9.97 Å². The number of benzene rings is 1. The highest BCUT2D eigenvalue weighted by atomic mass is 32.2. The van der Waals surface area contributed by atoms with E-state index in [2.05, 4.69) is 9.97 Å². The van der Waals surface area contributed by atoms with Crippen molar-refractivity contribution in [2.75, 3.05) is 26.5 Å². The fraction of sp³-hybridized carbons (Fsp3) is 0.389. The van der Waals surface area contributed by atoms with E-state index in [1.807, 2.05) is 35.4 Å². The Bertz CT molecular complexity index is 716. The standard InChI is InChI=1S/C18H21N3O3S/c1-23-15-5-3-4-6-16(15)24-14-7-9-21(10-8-14)17(22)13-11-19-18(25-2)20-12-13/h3-6,11-12,14H,7-10H2,1-2H3. The second-order valence-corrected chi connectivity index (χ2v) is 6.49. The summed E-state index contributed by atoms with van der Waals surface area (Å²) < 4.78 is 11.4. The van der Waals surface area contributed by atoms with E-state index in [1.54, 1.807) is 19.5 Å². The third-order valence-corrected chi connectivity index (χ3v) is 4.73. The number of amides is 1. The van der Waals surface area contributed by atoms with Gasteiger partial charge in [-0.15, -0.1) is 0 Å². The molecule has 0 N–H and O–H groups in total. The molecule has 1 saturated heterocycles. The van der Waals surface area contributed by atoms with Gasteiger partial charge >= 0.3 is 0 Å². The predicted molar refractivity (Wildman–Crippen MR) is 96.4 cm³/mol. The molecular weight excluding hydrogens is 338 g/mol. The van der Waals surface area contributed by atoms with Gasteiger partial charge in [-0.05, 0) is 18.4 Å². The number of para-hydroxylation sites is 2. The normalized spacial score (nSPS) is 15.0. The number of ether oxygens (including phenoxy) is 2. The van der Waals surface area contributed by atoms with Crippen molar-refractivity contribution in [1.29, 1.82) is 0 Å². The number of carbonyl (C=O) groups is 1. The topological polar surface area (TPSA) is 64.6 Å². The maximum Gasteiger partial charge on any atom is 0.256 e. The minimum absolute atomic E-state index is 0.0246. The number of thioether (sulfide) groups is 1. The molecule has 132 valence electrons. The summed E-state index contributed by atoms with van der Waals surface area (Å²) in [6.45, 7) is 1.31. The predicted octanol–water partition coefficient (Wildman–Crippen LogP) is 2.89. The third kappa shape index (κ3) is 4.22. The van der Waals surface area contributed by atoms with Crippen LogP contribution in [0, 0.1) is 0 Å². The molecule has 1 aliphatic rings. The van der Waals surface area contributed by atoms with Crippen molar-refractivity contribution in [2.45, 2.75) is 24.1 Å². The number of rotatable bonds is 5. The van der Waals surface area contributed by atoms with Crippen molar-refractivity contribution >= 4 is 17.7 Å². The maximum atomic E-state index is 12.5. The second kappa shape index (κ2) is 8.20. The van der Waals surface area contributed by atoms with E-state index in [9.17, 15) is 4.79 Å². The number of likely N-dealkylation sites (tertiary alicyclic amines) is 1. The number of carbonyl (C=O) groups excluding carboxylic acids is 1. The van der Waals surface area contributed by atoms with Gasteiger partial charge in [0.2, 0.25) is 0 Å². The van der Waals surface area contributed by atoms with E-state index in [-0.39, 0.29) is 12.0 Å². The first-order valence-electron chi connectivity index (χ1n) is 8.16. The van der Waals surface area contributed by atoms with Crippen molar-refractivity contribution in [1.82, 2.24) is 14.9 Å². The third-order valence-electron chi connectivity index (χ3n) is 4.15. The highest BCUT2D eigenvalue weighted by molar-refractivity contribution is 7.98. The van der Waals surface area contributed by atoms with Gasteiger partial charge in [-0.1, -0.05) is 23.9 Å². The molecule has 7 heteroatoms. The molecule has 0 aliphatic carbocycles. The Hall–Kier alpha value is -2.28. The molecule has 6 nitrogen and oxygen atoms in total. The minimum Gasteiger partial charge on any atom is -0.493 e. The van der Waals surface area contributed by atoms with Gasteiger partial charge in [0.25, 0.3) is 5.91 Å². The van der Waals surface area contributed by atoms with E-state index >= 15 is 0 Å². The summed E-state index contributed by atoms with van der Waals surface area (Å²) in [6.07, 6.45) is 6.75. The smallest absolute Gasteiger partial charge is 0.256 e. The summed E-state index contributed by atoms with van der Waals surface area (Å²) in [7, 11) is 1.63. The Labute approximate surface area is 151 Å². The summed E-state index contributed by atoms with van der Waals surface area (Å²) in [6, 6.07) is 7.62. The molecule has 3 rings (SSSR count). The number of methoxy groups -OCH3 is 1.